The van der Waals surface area contributed by atoms with E-state index in [-0.39, 0.29) is 34.5 Å². The normalized spacial score (nSPS) is 23.3. The summed E-state index contributed by atoms with van der Waals surface area (Å²) < 4.78 is 29.7. The molecular weight excluding hydrogens is 454 g/mol. The number of piperidine rings is 2. The van der Waals surface area contributed by atoms with E-state index in [9.17, 15) is 14.0 Å². The van der Waals surface area contributed by atoms with Crippen LogP contribution in [0.15, 0.2) is 24.5 Å². The quantitative estimate of drug-likeness (QED) is 0.590. The topological polar surface area (TPSA) is 99.2 Å². The Labute approximate surface area is 195 Å². The molecule has 2 aromatic rings. The lowest BCUT2D eigenvalue weighted by atomic mass is 9.82. The zero-order valence-electron chi connectivity index (χ0n) is 18.1. The molecule has 11 heteroatoms. The Morgan fingerprint density at radius 1 is 1.24 bits per heavy atom. The van der Waals surface area contributed by atoms with Gasteiger partial charge in [0.25, 0.3) is 5.91 Å². The molecule has 0 radical (unpaired) electrons. The molecule has 4 rings (SSSR count). The van der Waals surface area contributed by atoms with Gasteiger partial charge in [-0.1, -0.05) is 11.6 Å². The first-order valence-electron chi connectivity index (χ1n) is 10.9. The van der Waals surface area contributed by atoms with Crippen LogP contribution in [0.1, 0.15) is 38.3 Å². The van der Waals surface area contributed by atoms with Gasteiger partial charge in [-0.05, 0) is 50.8 Å². The van der Waals surface area contributed by atoms with E-state index in [1.54, 1.807) is 6.92 Å². The van der Waals surface area contributed by atoms with E-state index in [4.69, 9.17) is 11.6 Å². The summed E-state index contributed by atoms with van der Waals surface area (Å²) in [4.78, 5) is 36.1. The standard InChI is InChI=1S/C22H25ClF2N6O2/c1-2-26-19-17(25)18(28-12-29-19)22(30-15-10-13(23)9-14(24)11-15)6-4-8-31(21(22)33)16-5-3-7-27-20(16)32/h9-12,16,30H,2-8H2,1H3,(H,27,32)(H,26,28,29)/t16-,22?/m1/s1. The van der Waals surface area contributed by atoms with Gasteiger partial charge in [0.15, 0.2) is 17.2 Å². The molecule has 176 valence electrons. The molecule has 0 saturated carbocycles. The highest BCUT2D eigenvalue weighted by Gasteiger charge is 2.51. The molecule has 2 fully saturated rings. The molecule has 3 heterocycles. The van der Waals surface area contributed by atoms with E-state index in [1.165, 1.54) is 23.4 Å². The highest BCUT2D eigenvalue weighted by molar-refractivity contribution is 6.30. The number of carbonyl (C=O) groups excluding carboxylic acids is 2. The van der Waals surface area contributed by atoms with Gasteiger partial charge < -0.3 is 20.9 Å². The molecule has 1 aromatic heterocycles. The van der Waals surface area contributed by atoms with Crippen molar-refractivity contribution in [1.82, 2.24) is 20.2 Å². The second kappa shape index (κ2) is 9.46. The molecule has 8 nitrogen and oxygen atoms in total. The van der Waals surface area contributed by atoms with Gasteiger partial charge in [0.05, 0.1) is 0 Å². The molecule has 1 aromatic carbocycles. The Morgan fingerprint density at radius 3 is 2.79 bits per heavy atom. The van der Waals surface area contributed by atoms with Gasteiger partial charge in [-0.25, -0.2) is 18.7 Å². The van der Waals surface area contributed by atoms with Gasteiger partial charge in [-0.15, -0.1) is 0 Å². The largest absolute Gasteiger partial charge is 0.368 e. The number of amides is 2. The summed E-state index contributed by atoms with van der Waals surface area (Å²) in [5, 5.41) is 8.77. The lowest BCUT2D eigenvalue weighted by Gasteiger charge is -2.45. The van der Waals surface area contributed by atoms with E-state index in [0.29, 0.717) is 32.5 Å². The van der Waals surface area contributed by atoms with Crippen LogP contribution >= 0.6 is 11.6 Å². The predicted molar refractivity (Wildman–Crippen MR) is 120 cm³/mol. The average Bonchev–Trinajstić information content (AvgIpc) is 2.77. The Morgan fingerprint density at radius 2 is 2.06 bits per heavy atom. The summed E-state index contributed by atoms with van der Waals surface area (Å²) in [5.41, 5.74) is -1.64. The number of benzene rings is 1. The third-order valence-corrected chi connectivity index (χ3v) is 6.19. The summed E-state index contributed by atoms with van der Waals surface area (Å²) in [6.07, 6.45) is 3.08. The molecule has 0 spiro atoms. The van der Waals surface area contributed by atoms with Crippen LogP contribution in [0.25, 0.3) is 0 Å². The van der Waals surface area contributed by atoms with E-state index in [1.807, 2.05) is 0 Å². The number of carbonyl (C=O) groups is 2. The number of nitrogens with zero attached hydrogens (tertiary/aromatic N) is 3. The number of rotatable bonds is 6. The number of hydrogen-bond acceptors (Lipinski definition) is 6. The van der Waals surface area contributed by atoms with Crippen LogP contribution in [-0.2, 0) is 15.1 Å². The van der Waals surface area contributed by atoms with E-state index >= 15 is 4.39 Å². The van der Waals surface area contributed by atoms with Crippen molar-refractivity contribution in [3.63, 3.8) is 0 Å². The predicted octanol–water partition coefficient (Wildman–Crippen LogP) is 3.05. The summed E-state index contributed by atoms with van der Waals surface area (Å²) in [6, 6.07) is 3.10. The monoisotopic (exact) mass is 478 g/mol. The first-order chi connectivity index (χ1) is 15.9. The summed E-state index contributed by atoms with van der Waals surface area (Å²) in [6.45, 7) is 3.10. The van der Waals surface area contributed by atoms with Gasteiger partial charge in [-0.3, -0.25) is 9.59 Å². The van der Waals surface area contributed by atoms with Crippen LogP contribution in [0.3, 0.4) is 0 Å². The fourth-order valence-electron chi connectivity index (χ4n) is 4.54. The summed E-state index contributed by atoms with van der Waals surface area (Å²) >= 11 is 6.02. The van der Waals surface area contributed by atoms with Crippen LogP contribution in [0.4, 0.5) is 20.3 Å². The van der Waals surface area contributed by atoms with Crippen LogP contribution in [-0.4, -0.2) is 52.4 Å². The van der Waals surface area contributed by atoms with Gasteiger partial charge in [0.1, 0.15) is 23.9 Å². The van der Waals surface area contributed by atoms with Crippen LogP contribution in [0.2, 0.25) is 5.02 Å². The zero-order valence-corrected chi connectivity index (χ0v) is 18.9. The number of halogens is 3. The fourth-order valence-corrected chi connectivity index (χ4v) is 4.77. The molecule has 2 atom stereocenters. The van der Waals surface area contributed by atoms with Crippen molar-refractivity contribution in [2.45, 2.75) is 44.2 Å². The second-order valence-electron chi connectivity index (χ2n) is 8.15. The van der Waals surface area contributed by atoms with Crippen molar-refractivity contribution in [2.24, 2.45) is 0 Å². The van der Waals surface area contributed by atoms with Gasteiger partial charge in [0, 0.05) is 30.3 Å². The summed E-state index contributed by atoms with van der Waals surface area (Å²) in [5.74, 6) is -2.17. The minimum absolute atomic E-state index is 0.0405. The Kier molecular flexibility index (Phi) is 6.64. The molecule has 2 aliphatic rings. The Balaban J connectivity index is 1.83. The van der Waals surface area contributed by atoms with Crippen LogP contribution in [0.5, 0.6) is 0 Å². The fraction of sp³-hybridized carbons (Fsp3) is 0.455. The van der Waals surface area contributed by atoms with Crippen molar-refractivity contribution < 1.29 is 18.4 Å². The maximum Gasteiger partial charge on any atom is 0.255 e. The second-order valence-corrected chi connectivity index (χ2v) is 8.59. The lowest BCUT2D eigenvalue weighted by molar-refractivity contribution is -0.148. The number of aromatic nitrogens is 2. The molecule has 0 aliphatic carbocycles. The first-order valence-corrected chi connectivity index (χ1v) is 11.3. The lowest BCUT2D eigenvalue weighted by Crippen LogP contribution is -2.62. The summed E-state index contributed by atoms with van der Waals surface area (Å²) in [7, 11) is 0. The van der Waals surface area contributed by atoms with Crippen LogP contribution in [0, 0.1) is 11.6 Å². The maximum absolute atomic E-state index is 15.6. The first kappa shape index (κ1) is 23.2. The number of nitrogens with one attached hydrogen (secondary N) is 3. The molecule has 3 N–H and O–H groups in total. The van der Waals surface area contributed by atoms with E-state index in [2.05, 4.69) is 25.9 Å². The third kappa shape index (κ3) is 4.44. The minimum atomic E-state index is -1.68. The molecule has 2 saturated heterocycles. The highest BCUT2D eigenvalue weighted by Crippen LogP contribution is 2.39. The van der Waals surface area contributed by atoms with Crippen molar-refractivity contribution in [2.75, 3.05) is 30.3 Å². The molecular formula is C22H25ClF2N6O2. The highest BCUT2D eigenvalue weighted by atomic mass is 35.5. The van der Waals surface area contributed by atoms with Crippen molar-refractivity contribution in [1.29, 1.82) is 0 Å². The van der Waals surface area contributed by atoms with Crippen molar-refractivity contribution in [3.8, 4) is 0 Å². The third-order valence-electron chi connectivity index (χ3n) is 5.97. The molecule has 1 unspecified atom stereocenters. The van der Waals surface area contributed by atoms with Gasteiger partial charge >= 0.3 is 0 Å². The maximum atomic E-state index is 15.6. The molecule has 0 bridgehead atoms. The molecule has 2 amide bonds. The molecule has 2 aliphatic heterocycles. The molecule has 33 heavy (non-hydrogen) atoms. The van der Waals surface area contributed by atoms with E-state index in [0.717, 1.165) is 12.5 Å². The van der Waals surface area contributed by atoms with E-state index < -0.39 is 29.1 Å². The smallest absolute Gasteiger partial charge is 0.255 e. The van der Waals surface area contributed by atoms with Crippen molar-refractivity contribution in [3.05, 3.63) is 46.9 Å². The number of hydrogen-bond donors (Lipinski definition) is 3. The number of anilines is 2. The zero-order chi connectivity index (χ0) is 23.6. The van der Waals surface area contributed by atoms with Gasteiger partial charge in [0.2, 0.25) is 5.91 Å². The average molecular weight is 479 g/mol. The SMILES string of the molecule is CCNc1ncnc(C2(Nc3cc(F)cc(Cl)c3)CCCN([C@@H]3CCCNC3=O)C2=O)c1F. The van der Waals surface area contributed by atoms with Crippen molar-refractivity contribution >= 4 is 34.9 Å². The van der Waals surface area contributed by atoms with Gasteiger partial charge in [-0.2, -0.15) is 0 Å². The minimum Gasteiger partial charge on any atom is -0.368 e. The Hall–Kier alpha value is -3.01. The van der Waals surface area contributed by atoms with Crippen LogP contribution < -0.4 is 16.0 Å². The number of likely N-dealkylation sites (tertiary alicyclic amines) is 1. The Bertz CT molecular complexity index is 1050.